The molecule has 2 N–H and O–H groups in total. The molecule has 0 atom stereocenters. The van der Waals surface area contributed by atoms with Crippen molar-refractivity contribution in [2.45, 2.75) is 13.0 Å². The zero-order valence-corrected chi connectivity index (χ0v) is 11.4. The average Bonchev–Trinajstić information content (AvgIpc) is 2.95. The maximum atomic E-state index is 11.8. The Morgan fingerprint density at radius 1 is 1.10 bits per heavy atom. The predicted octanol–water partition coefficient (Wildman–Crippen LogP) is 1.96. The van der Waals surface area contributed by atoms with Crippen LogP contribution in [0.1, 0.15) is 6.42 Å². The van der Waals surface area contributed by atoms with Crippen molar-refractivity contribution >= 4 is 22.8 Å². The van der Waals surface area contributed by atoms with Gasteiger partial charge in [-0.05, 0) is 23.6 Å². The summed E-state index contributed by atoms with van der Waals surface area (Å²) in [5.74, 6) is 0.262. The van der Waals surface area contributed by atoms with E-state index in [2.05, 4.69) is 31.5 Å². The Hall–Kier alpha value is -2.89. The van der Waals surface area contributed by atoms with E-state index in [1.165, 1.54) is 5.39 Å². The van der Waals surface area contributed by atoms with E-state index < -0.39 is 0 Å². The molecule has 2 heterocycles. The van der Waals surface area contributed by atoms with E-state index in [1.54, 1.807) is 18.5 Å². The van der Waals surface area contributed by atoms with Gasteiger partial charge in [0, 0.05) is 37.1 Å². The molecule has 0 saturated carbocycles. The first kappa shape index (κ1) is 13.1. The van der Waals surface area contributed by atoms with Gasteiger partial charge in [0.1, 0.15) is 0 Å². The SMILES string of the molecule is O=C(CCn1ccc2ccccc21)NNc1ncccn1. The predicted molar refractivity (Wildman–Crippen MR) is 80.4 cm³/mol. The van der Waals surface area contributed by atoms with Crippen molar-refractivity contribution in [3.8, 4) is 0 Å². The molecule has 0 aliphatic carbocycles. The third-order valence-electron chi connectivity index (χ3n) is 3.14. The minimum absolute atomic E-state index is 0.111. The smallest absolute Gasteiger partial charge is 0.241 e. The van der Waals surface area contributed by atoms with E-state index in [0.717, 1.165) is 5.52 Å². The Morgan fingerprint density at radius 2 is 1.90 bits per heavy atom. The summed E-state index contributed by atoms with van der Waals surface area (Å²) in [5, 5.41) is 1.17. The Morgan fingerprint density at radius 3 is 2.76 bits per heavy atom. The number of fused-ring (bicyclic) bond motifs is 1. The second-order valence-electron chi connectivity index (χ2n) is 4.56. The van der Waals surface area contributed by atoms with Gasteiger partial charge < -0.3 is 4.57 Å². The summed E-state index contributed by atoms with van der Waals surface area (Å²) in [7, 11) is 0. The fraction of sp³-hybridized carbons (Fsp3) is 0.133. The summed E-state index contributed by atoms with van der Waals surface area (Å²) in [6, 6.07) is 11.9. The molecule has 1 aromatic carbocycles. The number of rotatable bonds is 5. The molecule has 3 rings (SSSR count). The van der Waals surface area contributed by atoms with Crippen molar-refractivity contribution in [2.75, 3.05) is 5.43 Å². The van der Waals surface area contributed by atoms with E-state index in [-0.39, 0.29) is 5.91 Å². The van der Waals surface area contributed by atoms with Crippen molar-refractivity contribution in [1.82, 2.24) is 20.0 Å². The Balaban J connectivity index is 1.54. The van der Waals surface area contributed by atoms with Crippen LogP contribution in [-0.2, 0) is 11.3 Å². The van der Waals surface area contributed by atoms with Gasteiger partial charge in [0.05, 0.1) is 0 Å². The van der Waals surface area contributed by atoms with E-state index in [9.17, 15) is 4.79 Å². The van der Waals surface area contributed by atoms with Crippen LogP contribution in [0.25, 0.3) is 10.9 Å². The van der Waals surface area contributed by atoms with Crippen LogP contribution in [0.5, 0.6) is 0 Å². The first-order valence-corrected chi connectivity index (χ1v) is 6.69. The maximum Gasteiger partial charge on any atom is 0.241 e. The molecule has 0 aliphatic heterocycles. The molecule has 0 fully saturated rings. The lowest BCUT2D eigenvalue weighted by atomic mass is 10.2. The molecule has 0 saturated heterocycles. The van der Waals surface area contributed by atoms with Gasteiger partial charge in [-0.1, -0.05) is 18.2 Å². The molecule has 0 radical (unpaired) electrons. The molecule has 0 aliphatic rings. The first-order chi connectivity index (χ1) is 10.3. The second kappa shape index (κ2) is 6.04. The van der Waals surface area contributed by atoms with E-state index >= 15 is 0 Å². The van der Waals surface area contributed by atoms with Crippen LogP contribution in [0.4, 0.5) is 5.95 Å². The highest BCUT2D eigenvalue weighted by Gasteiger charge is 2.04. The van der Waals surface area contributed by atoms with Crippen LogP contribution in [0.15, 0.2) is 55.0 Å². The van der Waals surface area contributed by atoms with Crippen molar-refractivity contribution in [2.24, 2.45) is 0 Å². The van der Waals surface area contributed by atoms with Crippen LogP contribution in [0.3, 0.4) is 0 Å². The maximum absolute atomic E-state index is 11.8. The molecule has 3 aromatic rings. The average molecular weight is 281 g/mol. The quantitative estimate of drug-likeness (QED) is 0.701. The molecule has 6 heteroatoms. The fourth-order valence-corrected chi connectivity index (χ4v) is 2.11. The van der Waals surface area contributed by atoms with Crippen molar-refractivity contribution in [3.63, 3.8) is 0 Å². The lowest BCUT2D eigenvalue weighted by molar-refractivity contribution is -0.120. The highest BCUT2D eigenvalue weighted by Crippen LogP contribution is 2.15. The summed E-state index contributed by atoms with van der Waals surface area (Å²) in [4.78, 5) is 19.7. The number of nitrogens with one attached hydrogen (secondary N) is 2. The van der Waals surface area contributed by atoms with Crippen molar-refractivity contribution < 1.29 is 4.79 Å². The van der Waals surface area contributed by atoms with Gasteiger partial charge in [-0.2, -0.15) is 0 Å². The standard InChI is InChI=1S/C15H15N5O/c21-14(18-19-15-16-8-3-9-17-15)7-11-20-10-6-12-4-1-2-5-13(12)20/h1-6,8-10H,7,11H2,(H,18,21)(H,16,17,19). The van der Waals surface area contributed by atoms with Gasteiger partial charge in [0.15, 0.2) is 0 Å². The lowest BCUT2D eigenvalue weighted by Crippen LogP contribution is -2.30. The van der Waals surface area contributed by atoms with Gasteiger partial charge >= 0.3 is 0 Å². The minimum Gasteiger partial charge on any atom is -0.347 e. The summed E-state index contributed by atoms with van der Waals surface area (Å²) in [5.41, 5.74) is 6.39. The van der Waals surface area contributed by atoms with Crippen LogP contribution in [-0.4, -0.2) is 20.4 Å². The molecule has 2 aromatic heterocycles. The molecule has 0 bridgehead atoms. The molecule has 106 valence electrons. The highest BCUT2D eigenvalue weighted by atomic mass is 16.2. The lowest BCUT2D eigenvalue weighted by Gasteiger charge is -2.08. The zero-order chi connectivity index (χ0) is 14.5. The molecule has 0 unspecified atom stereocenters. The molecular formula is C15H15N5O. The van der Waals surface area contributed by atoms with Crippen LogP contribution in [0.2, 0.25) is 0 Å². The molecule has 6 nitrogen and oxygen atoms in total. The summed E-state index contributed by atoms with van der Waals surface area (Å²) >= 11 is 0. The Kier molecular flexibility index (Phi) is 3.77. The van der Waals surface area contributed by atoms with Gasteiger partial charge in [0.25, 0.3) is 0 Å². The number of benzene rings is 1. The number of amides is 1. The van der Waals surface area contributed by atoms with Crippen LogP contribution in [0, 0.1) is 0 Å². The van der Waals surface area contributed by atoms with E-state index in [1.807, 2.05) is 30.5 Å². The number of hydrazine groups is 1. The number of nitrogens with zero attached hydrogens (tertiary/aromatic N) is 3. The Labute approximate surface area is 121 Å². The second-order valence-corrected chi connectivity index (χ2v) is 4.56. The summed E-state index contributed by atoms with van der Waals surface area (Å²) in [6.45, 7) is 0.622. The number of aryl methyl sites for hydroxylation is 1. The van der Waals surface area contributed by atoms with Crippen molar-refractivity contribution in [3.05, 3.63) is 55.0 Å². The molecular weight excluding hydrogens is 266 g/mol. The van der Waals surface area contributed by atoms with E-state index in [0.29, 0.717) is 18.9 Å². The number of hydrogen-bond acceptors (Lipinski definition) is 4. The fourth-order valence-electron chi connectivity index (χ4n) is 2.11. The minimum atomic E-state index is -0.111. The first-order valence-electron chi connectivity index (χ1n) is 6.69. The highest BCUT2D eigenvalue weighted by molar-refractivity contribution is 5.80. The molecule has 1 amide bonds. The third kappa shape index (κ3) is 3.17. The topological polar surface area (TPSA) is 71.8 Å². The monoisotopic (exact) mass is 281 g/mol. The summed E-state index contributed by atoms with van der Waals surface area (Å²) in [6.07, 6.45) is 5.57. The zero-order valence-electron chi connectivity index (χ0n) is 11.4. The molecule has 0 spiro atoms. The van der Waals surface area contributed by atoms with Gasteiger partial charge in [0.2, 0.25) is 11.9 Å². The van der Waals surface area contributed by atoms with Gasteiger partial charge in [-0.25, -0.2) is 9.97 Å². The number of carbonyl (C=O) groups excluding carboxylic acids is 1. The van der Waals surface area contributed by atoms with Crippen LogP contribution < -0.4 is 10.9 Å². The normalized spacial score (nSPS) is 10.5. The Bertz CT molecular complexity index is 738. The summed E-state index contributed by atoms with van der Waals surface area (Å²) < 4.78 is 2.06. The number of para-hydroxylation sites is 1. The van der Waals surface area contributed by atoms with Crippen LogP contribution >= 0.6 is 0 Å². The van der Waals surface area contributed by atoms with E-state index in [4.69, 9.17) is 0 Å². The third-order valence-corrected chi connectivity index (χ3v) is 3.14. The van der Waals surface area contributed by atoms with Crippen molar-refractivity contribution in [1.29, 1.82) is 0 Å². The number of carbonyl (C=O) groups is 1. The van der Waals surface area contributed by atoms with Gasteiger partial charge in [-0.15, -0.1) is 0 Å². The van der Waals surface area contributed by atoms with Gasteiger partial charge in [-0.3, -0.25) is 15.6 Å². The number of aromatic nitrogens is 3. The molecule has 21 heavy (non-hydrogen) atoms. The number of hydrogen-bond donors (Lipinski definition) is 2. The largest absolute Gasteiger partial charge is 0.347 e. The number of anilines is 1.